The van der Waals surface area contributed by atoms with Gasteiger partial charge in [-0.3, -0.25) is 9.69 Å². The molecule has 0 amide bonds. The zero-order valence-corrected chi connectivity index (χ0v) is 19.0. The molecule has 2 heterocycles. The Morgan fingerprint density at radius 3 is 2.88 bits per heavy atom. The summed E-state index contributed by atoms with van der Waals surface area (Å²) in [4.78, 5) is 14.8. The minimum atomic E-state index is -0.996. The van der Waals surface area contributed by atoms with E-state index in [9.17, 15) is 15.0 Å². The van der Waals surface area contributed by atoms with E-state index < -0.39 is 17.1 Å². The molecule has 2 bridgehead atoms. The van der Waals surface area contributed by atoms with Crippen LogP contribution in [-0.4, -0.2) is 64.0 Å². The number of nitrogens with zero attached hydrogens (tertiary/aromatic N) is 2. The fourth-order valence-electron chi connectivity index (χ4n) is 6.87. The first-order valence-corrected chi connectivity index (χ1v) is 12.0. The smallest absolute Gasteiger partial charge is 0.183 e. The van der Waals surface area contributed by atoms with Gasteiger partial charge in [-0.2, -0.15) is 5.10 Å². The van der Waals surface area contributed by atoms with Crippen LogP contribution in [0.5, 0.6) is 11.5 Å². The number of Topliss-reactive ketones (excluding diaryl/α,β-unsaturated/α-hetero) is 1. The Balaban J connectivity index is 1.36. The number of hydrogen-bond donors (Lipinski definition) is 3. The van der Waals surface area contributed by atoms with E-state index in [2.05, 4.69) is 22.0 Å². The standard InChI is InChI=1S/C27H29N3O4/c1-2-13-30-14-12-26-23-18-8-9-20(31)24(23)34-25(26)19(10-11-27(26,33)22(30)15-18)29-28-16-21(32)17-6-4-3-5-7-17/h2-9,22,25,28,31,33H,1,10-16H2. The molecule has 7 nitrogen and oxygen atoms in total. The molecule has 7 heteroatoms. The summed E-state index contributed by atoms with van der Waals surface area (Å²) in [5, 5.41) is 27.6. The highest BCUT2D eigenvalue weighted by Gasteiger charge is 2.72. The molecule has 2 aromatic carbocycles. The molecule has 2 aliphatic carbocycles. The number of ketones is 1. The van der Waals surface area contributed by atoms with Crippen LogP contribution in [0.15, 0.2) is 60.2 Å². The van der Waals surface area contributed by atoms with E-state index in [1.807, 2.05) is 30.3 Å². The topological polar surface area (TPSA) is 94.4 Å². The van der Waals surface area contributed by atoms with Crippen molar-refractivity contribution in [1.29, 1.82) is 0 Å². The normalized spacial score (nSPS) is 32.1. The van der Waals surface area contributed by atoms with Crippen LogP contribution in [-0.2, 0) is 11.8 Å². The molecule has 0 aromatic heterocycles. The third-order valence-electron chi connectivity index (χ3n) is 8.31. The minimum Gasteiger partial charge on any atom is -0.504 e. The van der Waals surface area contributed by atoms with E-state index in [-0.39, 0.29) is 24.1 Å². The number of hydrogen-bond acceptors (Lipinski definition) is 7. The molecular formula is C27H29N3O4. The zero-order valence-electron chi connectivity index (χ0n) is 19.0. The number of aliphatic hydroxyl groups is 1. The van der Waals surface area contributed by atoms with Crippen molar-refractivity contribution in [3.8, 4) is 11.5 Å². The highest BCUT2D eigenvalue weighted by molar-refractivity contribution is 5.98. The number of nitrogens with one attached hydrogen (secondary N) is 1. The Labute approximate surface area is 198 Å². The average Bonchev–Trinajstić information content (AvgIpc) is 3.20. The quantitative estimate of drug-likeness (QED) is 0.349. The van der Waals surface area contributed by atoms with Gasteiger partial charge in [-0.15, -0.1) is 6.58 Å². The minimum absolute atomic E-state index is 0.0403. The number of hydrazone groups is 1. The van der Waals surface area contributed by atoms with Crippen LogP contribution in [0.2, 0.25) is 0 Å². The summed E-state index contributed by atoms with van der Waals surface area (Å²) in [5.41, 5.74) is 4.78. The molecule has 6 rings (SSSR count). The van der Waals surface area contributed by atoms with Crippen LogP contribution in [0.4, 0.5) is 0 Å². The number of carbonyl (C=O) groups excluding carboxylic acids is 1. The number of carbonyl (C=O) groups is 1. The molecule has 1 spiro atoms. The molecule has 1 saturated carbocycles. The van der Waals surface area contributed by atoms with E-state index in [1.165, 1.54) is 0 Å². The van der Waals surface area contributed by atoms with Gasteiger partial charge in [0.2, 0.25) is 0 Å². The summed E-state index contributed by atoms with van der Waals surface area (Å²) in [5.74, 6) is 0.538. The van der Waals surface area contributed by atoms with Gasteiger partial charge in [-0.25, -0.2) is 0 Å². The van der Waals surface area contributed by atoms with Crippen LogP contribution in [0.1, 0.15) is 40.7 Å². The maximum absolute atomic E-state index is 12.5. The van der Waals surface area contributed by atoms with Crippen molar-refractivity contribution in [1.82, 2.24) is 10.3 Å². The lowest BCUT2D eigenvalue weighted by molar-refractivity contribution is -0.163. The van der Waals surface area contributed by atoms with Gasteiger partial charge in [0.25, 0.3) is 0 Å². The number of rotatable bonds is 6. The number of likely N-dealkylation sites (tertiary alicyclic amines) is 1. The van der Waals surface area contributed by atoms with Gasteiger partial charge in [0.15, 0.2) is 23.4 Å². The lowest BCUT2D eigenvalue weighted by Gasteiger charge is -2.63. The average molecular weight is 460 g/mol. The fraction of sp³-hybridized carbons (Fsp3) is 0.407. The predicted octanol–water partition coefficient (Wildman–Crippen LogP) is 2.56. The molecule has 4 unspecified atom stereocenters. The first-order valence-electron chi connectivity index (χ1n) is 12.0. The lowest BCUT2D eigenvalue weighted by Crippen LogP contribution is -2.76. The highest BCUT2D eigenvalue weighted by atomic mass is 16.5. The van der Waals surface area contributed by atoms with E-state index in [1.54, 1.807) is 18.2 Å². The van der Waals surface area contributed by atoms with Crippen LogP contribution in [0.25, 0.3) is 0 Å². The molecule has 176 valence electrons. The molecule has 1 saturated heterocycles. The number of aromatic hydroxyl groups is 1. The monoisotopic (exact) mass is 459 g/mol. The number of ether oxygens (including phenoxy) is 1. The summed E-state index contributed by atoms with van der Waals surface area (Å²) in [6.45, 7) is 5.52. The van der Waals surface area contributed by atoms with Gasteiger partial charge in [0, 0.05) is 30.3 Å². The third kappa shape index (κ3) is 2.77. The molecule has 34 heavy (non-hydrogen) atoms. The molecule has 4 atom stereocenters. The van der Waals surface area contributed by atoms with E-state index in [0.29, 0.717) is 37.0 Å². The molecule has 3 N–H and O–H groups in total. The second-order valence-corrected chi connectivity index (χ2v) is 9.82. The van der Waals surface area contributed by atoms with Crippen molar-refractivity contribution in [2.45, 2.75) is 48.8 Å². The molecule has 4 aliphatic rings. The Morgan fingerprint density at radius 2 is 2.09 bits per heavy atom. The SMILES string of the molecule is C=CCN1CCC23c4c5ccc(O)c4OC2C(=NNCC(=O)c2ccccc2)CCC3(O)C1C5. The number of phenolic OH excluding ortho intramolecular Hbond substituents is 1. The Morgan fingerprint density at radius 1 is 1.26 bits per heavy atom. The first-order chi connectivity index (χ1) is 16.5. The van der Waals surface area contributed by atoms with Gasteiger partial charge in [-0.05, 0) is 37.3 Å². The molecule has 2 aliphatic heterocycles. The van der Waals surface area contributed by atoms with Gasteiger partial charge in [0.05, 0.1) is 23.3 Å². The van der Waals surface area contributed by atoms with E-state index in [4.69, 9.17) is 4.74 Å². The molecular weight excluding hydrogens is 430 g/mol. The van der Waals surface area contributed by atoms with Crippen molar-refractivity contribution >= 4 is 11.5 Å². The Hall–Kier alpha value is -3.16. The number of piperidine rings is 1. The van der Waals surface area contributed by atoms with Gasteiger partial charge in [-0.1, -0.05) is 42.5 Å². The van der Waals surface area contributed by atoms with E-state index >= 15 is 0 Å². The Kier molecular flexibility index (Phi) is 4.83. The summed E-state index contributed by atoms with van der Waals surface area (Å²) in [7, 11) is 0. The van der Waals surface area contributed by atoms with Crippen LogP contribution >= 0.6 is 0 Å². The number of benzene rings is 2. The van der Waals surface area contributed by atoms with E-state index in [0.717, 1.165) is 29.9 Å². The summed E-state index contributed by atoms with van der Waals surface area (Å²) >= 11 is 0. The van der Waals surface area contributed by atoms with Gasteiger partial charge in [0.1, 0.15) is 0 Å². The molecule has 0 radical (unpaired) electrons. The maximum Gasteiger partial charge on any atom is 0.183 e. The van der Waals surface area contributed by atoms with Crippen LogP contribution in [0.3, 0.4) is 0 Å². The summed E-state index contributed by atoms with van der Waals surface area (Å²) < 4.78 is 6.42. The summed E-state index contributed by atoms with van der Waals surface area (Å²) in [6.07, 6.45) is 3.92. The van der Waals surface area contributed by atoms with Crippen molar-refractivity contribution in [2.75, 3.05) is 19.6 Å². The van der Waals surface area contributed by atoms with Crippen LogP contribution in [0, 0.1) is 0 Å². The van der Waals surface area contributed by atoms with Crippen molar-refractivity contribution in [3.05, 3.63) is 71.8 Å². The maximum atomic E-state index is 12.5. The first kappa shape index (κ1) is 21.4. The van der Waals surface area contributed by atoms with Crippen LogP contribution < -0.4 is 10.2 Å². The highest BCUT2D eigenvalue weighted by Crippen LogP contribution is 2.64. The Bertz CT molecular complexity index is 1200. The second-order valence-electron chi connectivity index (χ2n) is 9.82. The largest absolute Gasteiger partial charge is 0.504 e. The van der Waals surface area contributed by atoms with Crippen molar-refractivity contribution in [2.24, 2.45) is 5.10 Å². The second kappa shape index (κ2) is 7.68. The van der Waals surface area contributed by atoms with Crippen molar-refractivity contribution in [3.63, 3.8) is 0 Å². The van der Waals surface area contributed by atoms with Gasteiger partial charge >= 0.3 is 0 Å². The van der Waals surface area contributed by atoms with Gasteiger partial charge < -0.3 is 20.4 Å². The number of phenols is 1. The predicted molar refractivity (Wildman–Crippen MR) is 128 cm³/mol. The third-order valence-corrected chi connectivity index (χ3v) is 8.31. The molecule has 2 aromatic rings. The molecule has 2 fully saturated rings. The summed E-state index contributed by atoms with van der Waals surface area (Å²) in [6, 6.07) is 12.7. The fourth-order valence-corrected chi connectivity index (χ4v) is 6.87. The zero-order chi connectivity index (χ0) is 23.5. The van der Waals surface area contributed by atoms with Crippen molar-refractivity contribution < 1.29 is 19.7 Å². The lowest BCUT2D eigenvalue weighted by atomic mass is 9.49.